The molecule has 2 heterocycles. The van der Waals surface area contributed by atoms with Gasteiger partial charge in [-0.1, -0.05) is 18.2 Å². The average molecular weight is 273 g/mol. The highest BCUT2D eigenvalue weighted by molar-refractivity contribution is 5.82. The number of hydrogen-bond acceptors (Lipinski definition) is 3. The molecule has 2 aromatic rings. The Kier molecular flexibility index (Phi) is 4.08. The van der Waals surface area contributed by atoms with Crippen LogP contribution < -0.4 is 5.32 Å². The summed E-state index contributed by atoms with van der Waals surface area (Å²) < 4.78 is 11.8. The third-order valence-electron chi connectivity index (χ3n) is 4.20. The Hall–Kier alpha value is -1.32. The van der Waals surface area contributed by atoms with E-state index in [0.29, 0.717) is 6.10 Å². The maximum absolute atomic E-state index is 6.00. The highest BCUT2D eigenvalue weighted by atomic mass is 16.5. The van der Waals surface area contributed by atoms with Gasteiger partial charge in [0, 0.05) is 18.5 Å². The van der Waals surface area contributed by atoms with Crippen LogP contribution in [0, 0.1) is 6.92 Å². The molecule has 0 saturated carbocycles. The number of furan rings is 1. The second-order valence-electron chi connectivity index (χ2n) is 5.71. The van der Waals surface area contributed by atoms with Crippen molar-refractivity contribution >= 4 is 11.0 Å². The lowest BCUT2D eigenvalue weighted by Gasteiger charge is -2.24. The summed E-state index contributed by atoms with van der Waals surface area (Å²) in [6, 6.07) is 8.44. The van der Waals surface area contributed by atoms with Crippen LogP contribution in [-0.4, -0.2) is 19.3 Å². The largest absolute Gasteiger partial charge is 0.459 e. The molecule has 3 rings (SSSR count). The van der Waals surface area contributed by atoms with E-state index in [9.17, 15) is 0 Å². The molecule has 0 radical (unpaired) electrons. The maximum atomic E-state index is 6.00. The minimum absolute atomic E-state index is 0.216. The summed E-state index contributed by atoms with van der Waals surface area (Å²) in [4.78, 5) is 0. The zero-order valence-corrected chi connectivity index (χ0v) is 12.3. The summed E-state index contributed by atoms with van der Waals surface area (Å²) in [5.74, 6) is 1.04. The van der Waals surface area contributed by atoms with E-state index in [-0.39, 0.29) is 6.04 Å². The number of fused-ring (bicyclic) bond motifs is 1. The molecule has 1 saturated heterocycles. The highest BCUT2D eigenvalue weighted by Gasteiger charge is 2.19. The first-order valence-electron chi connectivity index (χ1n) is 7.58. The van der Waals surface area contributed by atoms with Crippen LogP contribution in [-0.2, 0) is 4.74 Å². The van der Waals surface area contributed by atoms with E-state index in [1.54, 1.807) is 0 Å². The van der Waals surface area contributed by atoms with Crippen molar-refractivity contribution in [2.24, 2.45) is 0 Å². The van der Waals surface area contributed by atoms with Gasteiger partial charge in [-0.3, -0.25) is 0 Å². The van der Waals surface area contributed by atoms with E-state index in [4.69, 9.17) is 9.15 Å². The Bertz CT molecular complexity index is 569. The summed E-state index contributed by atoms with van der Waals surface area (Å²) in [7, 11) is 0. The topological polar surface area (TPSA) is 34.4 Å². The number of para-hydroxylation sites is 1. The van der Waals surface area contributed by atoms with Crippen LogP contribution in [0.1, 0.15) is 43.6 Å². The molecule has 2 unspecified atom stereocenters. The second kappa shape index (κ2) is 5.98. The van der Waals surface area contributed by atoms with Crippen LogP contribution in [0.25, 0.3) is 11.0 Å². The summed E-state index contributed by atoms with van der Waals surface area (Å²) in [6.07, 6.45) is 4.01. The van der Waals surface area contributed by atoms with Crippen molar-refractivity contribution in [3.63, 3.8) is 0 Å². The normalized spacial score (nSPS) is 21.2. The Morgan fingerprint density at radius 3 is 2.90 bits per heavy atom. The lowest BCUT2D eigenvalue weighted by atomic mass is 10.1. The Morgan fingerprint density at radius 2 is 2.15 bits per heavy atom. The van der Waals surface area contributed by atoms with Gasteiger partial charge >= 0.3 is 0 Å². The number of nitrogens with one attached hydrogen (secondary N) is 1. The zero-order valence-electron chi connectivity index (χ0n) is 12.3. The van der Waals surface area contributed by atoms with Crippen molar-refractivity contribution in [3.8, 4) is 0 Å². The van der Waals surface area contributed by atoms with Crippen molar-refractivity contribution in [2.75, 3.05) is 13.2 Å². The first-order chi connectivity index (χ1) is 9.75. The first kappa shape index (κ1) is 13.7. The van der Waals surface area contributed by atoms with Crippen LogP contribution in [0.5, 0.6) is 0 Å². The van der Waals surface area contributed by atoms with Crippen molar-refractivity contribution in [3.05, 3.63) is 35.6 Å². The molecule has 2 atom stereocenters. The molecule has 1 aliphatic heterocycles. The van der Waals surface area contributed by atoms with Gasteiger partial charge < -0.3 is 14.5 Å². The molecule has 1 aromatic carbocycles. The Labute approximate surface area is 120 Å². The molecule has 1 aliphatic rings. The van der Waals surface area contributed by atoms with Crippen LogP contribution in [0.4, 0.5) is 0 Å². The van der Waals surface area contributed by atoms with Gasteiger partial charge in [0.15, 0.2) is 0 Å². The minimum Gasteiger partial charge on any atom is -0.459 e. The highest BCUT2D eigenvalue weighted by Crippen LogP contribution is 2.29. The Balaban J connectivity index is 1.68. The molecule has 1 fully saturated rings. The number of ether oxygens (including phenoxy) is 1. The fourth-order valence-corrected chi connectivity index (χ4v) is 2.98. The van der Waals surface area contributed by atoms with Gasteiger partial charge in [-0.05, 0) is 44.7 Å². The third kappa shape index (κ3) is 2.74. The molecule has 0 bridgehead atoms. The smallest absolute Gasteiger partial charge is 0.134 e. The van der Waals surface area contributed by atoms with Gasteiger partial charge in [0.25, 0.3) is 0 Å². The van der Waals surface area contributed by atoms with Gasteiger partial charge in [0.2, 0.25) is 0 Å². The molecule has 1 N–H and O–H groups in total. The second-order valence-corrected chi connectivity index (χ2v) is 5.71. The average Bonchev–Trinajstić information content (AvgIpc) is 2.84. The van der Waals surface area contributed by atoms with Gasteiger partial charge in [-0.15, -0.1) is 0 Å². The van der Waals surface area contributed by atoms with Gasteiger partial charge in [-0.2, -0.15) is 0 Å². The zero-order chi connectivity index (χ0) is 13.9. The Morgan fingerprint density at radius 1 is 1.30 bits per heavy atom. The monoisotopic (exact) mass is 273 g/mol. The van der Waals surface area contributed by atoms with E-state index in [1.807, 2.05) is 12.1 Å². The van der Waals surface area contributed by atoms with Crippen LogP contribution in [0.15, 0.2) is 28.7 Å². The molecule has 20 heavy (non-hydrogen) atoms. The fourth-order valence-electron chi connectivity index (χ4n) is 2.98. The van der Waals surface area contributed by atoms with Crippen molar-refractivity contribution in [1.29, 1.82) is 0 Å². The number of benzene rings is 1. The van der Waals surface area contributed by atoms with E-state index in [1.165, 1.54) is 30.2 Å². The van der Waals surface area contributed by atoms with Crippen molar-refractivity contribution in [2.45, 2.75) is 45.3 Å². The first-order valence-corrected chi connectivity index (χ1v) is 7.58. The molecule has 0 amide bonds. The van der Waals surface area contributed by atoms with E-state index < -0.39 is 0 Å². The van der Waals surface area contributed by atoms with Crippen LogP contribution in [0.2, 0.25) is 0 Å². The summed E-state index contributed by atoms with van der Waals surface area (Å²) in [5.41, 5.74) is 2.22. The minimum atomic E-state index is 0.216. The molecule has 108 valence electrons. The molecule has 3 nitrogen and oxygen atoms in total. The molecule has 0 spiro atoms. The predicted molar refractivity (Wildman–Crippen MR) is 81.0 cm³/mol. The van der Waals surface area contributed by atoms with E-state index in [0.717, 1.165) is 24.5 Å². The van der Waals surface area contributed by atoms with E-state index >= 15 is 0 Å². The lowest BCUT2D eigenvalue weighted by Crippen LogP contribution is -2.33. The summed E-state index contributed by atoms with van der Waals surface area (Å²) in [6.45, 7) is 6.10. The van der Waals surface area contributed by atoms with Crippen molar-refractivity contribution in [1.82, 2.24) is 5.32 Å². The van der Waals surface area contributed by atoms with Gasteiger partial charge in [0.1, 0.15) is 11.3 Å². The van der Waals surface area contributed by atoms with Crippen molar-refractivity contribution < 1.29 is 9.15 Å². The maximum Gasteiger partial charge on any atom is 0.134 e. The lowest BCUT2D eigenvalue weighted by molar-refractivity contribution is 0.0153. The van der Waals surface area contributed by atoms with Gasteiger partial charge in [-0.25, -0.2) is 0 Å². The standard InChI is InChI=1S/C17H23NO2/c1-12-15-8-3-4-9-16(15)20-17(12)13(2)18-11-14-7-5-6-10-19-14/h3-4,8-9,13-14,18H,5-7,10-11H2,1-2H3. The molecule has 0 aliphatic carbocycles. The molecular formula is C17H23NO2. The number of hydrogen-bond donors (Lipinski definition) is 1. The summed E-state index contributed by atoms with van der Waals surface area (Å²) in [5, 5.41) is 4.76. The molecular weight excluding hydrogens is 250 g/mol. The SMILES string of the molecule is Cc1c(C(C)NCC2CCCCO2)oc2ccccc12. The number of rotatable bonds is 4. The quantitative estimate of drug-likeness (QED) is 0.915. The summed E-state index contributed by atoms with van der Waals surface area (Å²) >= 11 is 0. The predicted octanol–water partition coefficient (Wildman–Crippen LogP) is 3.96. The third-order valence-corrected chi connectivity index (χ3v) is 4.20. The molecule has 1 aromatic heterocycles. The van der Waals surface area contributed by atoms with Gasteiger partial charge in [0.05, 0.1) is 12.1 Å². The fraction of sp³-hybridized carbons (Fsp3) is 0.529. The van der Waals surface area contributed by atoms with Crippen LogP contribution >= 0.6 is 0 Å². The number of aryl methyl sites for hydroxylation is 1. The van der Waals surface area contributed by atoms with E-state index in [2.05, 4.69) is 31.3 Å². The molecule has 3 heteroatoms. The van der Waals surface area contributed by atoms with Crippen LogP contribution in [0.3, 0.4) is 0 Å².